The molecule has 0 radical (unpaired) electrons. The van der Waals surface area contributed by atoms with Gasteiger partial charge in [-0.1, -0.05) is 6.92 Å². The fourth-order valence-electron chi connectivity index (χ4n) is 2.79. The first-order chi connectivity index (χ1) is 6.66. The van der Waals surface area contributed by atoms with E-state index < -0.39 is 0 Å². The third-order valence-corrected chi connectivity index (χ3v) is 4.95. The lowest BCUT2D eigenvalue weighted by Gasteiger charge is -2.40. The molecule has 2 N–H and O–H groups in total. The average Bonchev–Trinajstić information content (AvgIpc) is 2.51. The molecule has 2 saturated heterocycles. The van der Waals surface area contributed by atoms with Crippen LogP contribution in [0.25, 0.3) is 0 Å². The highest BCUT2D eigenvalue weighted by Gasteiger charge is 2.33. The van der Waals surface area contributed by atoms with Crippen LogP contribution >= 0.6 is 11.8 Å². The third kappa shape index (κ3) is 2.26. The molecule has 2 aliphatic heterocycles. The van der Waals surface area contributed by atoms with Crippen molar-refractivity contribution in [1.82, 2.24) is 4.90 Å². The second-order valence-electron chi connectivity index (χ2n) is 4.90. The Kier molecular flexibility index (Phi) is 3.40. The first kappa shape index (κ1) is 10.8. The van der Waals surface area contributed by atoms with Gasteiger partial charge < -0.3 is 5.73 Å². The van der Waals surface area contributed by atoms with E-state index in [1.165, 1.54) is 31.6 Å². The number of nitrogens with zero attached hydrogens (tertiary/aromatic N) is 1. The number of nitrogens with two attached hydrogens (primary N) is 1. The van der Waals surface area contributed by atoms with Crippen LogP contribution in [0.2, 0.25) is 0 Å². The zero-order valence-electron chi connectivity index (χ0n) is 9.28. The Morgan fingerprint density at radius 3 is 2.64 bits per heavy atom. The Morgan fingerprint density at radius 1 is 1.29 bits per heavy atom. The van der Waals surface area contributed by atoms with Gasteiger partial charge in [0.2, 0.25) is 0 Å². The van der Waals surface area contributed by atoms with Crippen molar-refractivity contribution >= 4 is 11.8 Å². The summed E-state index contributed by atoms with van der Waals surface area (Å²) in [5, 5.41) is 0.864. The third-order valence-electron chi connectivity index (χ3n) is 3.61. The summed E-state index contributed by atoms with van der Waals surface area (Å²) in [7, 11) is 0. The molecule has 82 valence electrons. The second kappa shape index (κ2) is 4.42. The number of hydrogen-bond donors (Lipinski definition) is 1. The minimum atomic E-state index is 0.452. The molecule has 2 fully saturated rings. The predicted molar refractivity (Wildman–Crippen MR) is 63.7 cm³/mol. The molecule has 2 heterocycles. The maximum atomic E-state index is 5.98. The summed E-state index contributed by atoms with van der Waals surface area (Å²) in [6.45, 7) is 5.91. The Hall–Kier alpha value is 0.270. The van der Waals surface area contributed by atoms with Gasteiger partial charge in [0.15, 0.2) is 0 Å². The van der Waals surface area contributed by atoms with Crippen LogP contribution < -0.4 is 5.73 Å². The van der Waals surface area contributed by atoms with E-state index in [0.29, 0.717) is 12.1 Å². The van der Waals surface area contributed by atoms with Crippen LogP contribution in [0.1, 0.15) is 33.1 Å². The summed E-state index contributed by atoms with van der Waals surface area (Å²) >= 11 is 2.13. The fourth-order valence-corrected chi connectivity index (χ4v) is 4.03. The van der Waals surface area contributed by atoms with Crippen LogP contribution in [0.5, 0.6) is 0 Å². The monoisotopic (exact) mass is 214 g/mol. The predicted octanol–water partition coefficient (Wildman–Crippen LogP) is 1.69. The standard InChI is InChI=1S/C11H22N2S/c1-8-5-10(12)3-4-13(8)11-6-9(2)14-7-11/h8-11H,3-7,12H2,1-2H3. The Labute approximate surface area is 91.6 Å². The van der Waals surface area contributed by atoms with E-state index in [4.69, 9.17) is 5.73 Å². The van der Waals surface area contributed by atoms with Crippen molar-refractivity contribution < 1.29 is 0 Å². The van der Waals surface area contributed by atoms with Gasteiger partial charge in [-0.15, -0.1) is 0 Å². The average molecular weight is 214 g/mol. The lowest BCUT2D eigenvalue weighted by atomic mass is 9.96. The first-order valence-corrected chi connectivity index (χ1v) is 6.84. The van der Waals surface area contributed by atoms with Crippen LogP contribution in [0.4, 0.5) is 0 Å². The summed E-state index contributed by atoms with van der Waals surface area (Å²) in [4.78, 5) is 2.69. The summed E-state index contributed by atoms with van der Waals surface area (Å²) in [6.07, 6.45) is 3.76. The number of hydrogen-bond acceptors (Lipinski definition) is 3. The molecule has 3 heteroatoms. The van der Waals surface area contributed by atoms with Crippen molar-refractivity contribution in [2.24, 2.45) is 5.73 Å². The zero-order chi connectivity index (χ0) is 10.1. The quantitative estimate of drug-likeness (QED) is 0.720. The SMILES string of the molecule is CC1CC(N2CCC(N)CC2C)CS1. The number of piperidine rings is 1. The highest BCUT2D eigenvalue weighted by atomic mass is 32.2. The number of likely N-dealkylation sites (tertiary alicyclic amines) is 1. The van der Waals surface area contributed by atoms with Gasteiger partial charge in [-0.05, 0) is 26.2 Å². The molecule has 2 rings (SSSR count). The molecule has 0 amide bonds. The lowest BCUT2D eigenvalue weighted by Crippen LogP contribution is -2.50. The zero-order valence-corrected chi connectivity index (χ0v) is 10.1. The summed E-state index contributed by atoms with van der Waals surface area (Å²) in [6, 6.07) is 1.99. The highest BCUT2D eigenvalue weighted by molar-refractivity contribution is 8.00. The van der Waals surface area contributed by atoms with Crippen molar-refractivity contribution in [2.45, 2.75) is 56.5 Å². The molecule has 14 heavy (non-hydrogen) atoms. The van der Waals surface area contributed by atoms with E-state index in [2.05, 4.69) is 30.5 Å². The molecule has 2 aliphatic rings. The molecular formula is C11H22N2S. The lowest BCUT2D eigenvalue weighted by molar-refractivity contribution is 0.105. The van der Waals surface area contributed by atoms with Gasteiger partial charge in [0.25, 0.3) is 0 Å². The van der Waals surface area contributed by atoms with Gasteiger partial charge in [-0.2, -0.15) is 11.8 Å². The van der Waals surface area contributed by atoms with Gasteiger partial charge >= 0.3 is 0 Å². The van der Waals surface area contributed by atoms with Gasteiger partial charge in [0.1, 0.15) is 0 Å². The Morgan fingerprint density at radius 2 is 2.07 bits per heavy atom. The number of thioether (sulfide) groups is 1. The summed E-state index contributed by atoms with van der Waals surface area (Å²) in [5.41, 5.74) is 5.98. The second-order valence-corrected chi connectivity index (χ2v) is 6.38. The van der Waals surface area contributed by atoms with E-state index in [9.17, 15) is 0 Å². The Bertz CT molecular complexity index is 198. The van der Waals surface area contributed by atoms with Gasteiger partial charge in [-0.3, -0.25) is 4.90 Å². The Balaban J connectivity index is 1.91. The van der Waals surface area contributed by atoms with Crippen LogP contribution in [0.3, 0.4) is 0 Å². The minimum absolute atomic E-state index is 0.452. The normalized spacial score (nSPS) is 45.6. The minimum Gasteiger partial charge on any atom is -0.328 e. The van der Waals surface area contributed by atoms with Crippen LogP contribution in [-0.2, 0) is 0 Å². The molecule has 0 saturated carbocycles. The largest absolute Gasteiger partial charge is 0.328 e. The van der Waals surface area contributed by atoms with Gasteiger partial charge in [-0.25, -0.2) is 0 Å². The van der Waals surface area contributed by atoms with Gasteiger partial charge in [0.05, 0.1) is 0 Å². The molecule has 4 unspecified atom stereocenters. The van der Waals surface area contributed by atoms with E-state index in [1.807, 2.05) is 0 Å². The van der Waals surface area contributed by atoms with Crippen LogP contribution in [0, 0.1) is 0 Å². The highest BCUT2D eigenvalue weighted by Crippen LogP contribution is 2.32. The van der Waals surface area contributed by atoms with Crippen molar-refractivity contribution in [3.63, 3.8) is 0 Å². The topological polar surface area (TPSA) is 29.3 Å². The summed E-state index contributed by atoms with van der Waals surface area (Å²) < 4.78 is 0. The molecule has 2 nitrogen and oxygen atoms in total. The molecule has 0 aliphatic carbocycles. The first-order valence-electron chi connectivity index (χ1n) is 5.79. The van der Waals surface area contributed by atoms with E-state index >= 15 is 0 Å². The molecule has 0 bridgehead atoms. The van der Waals surface area contributed by atoms with Crippen molar-refractivity contribution in [3.8, 4) is 0 Å². The summed E-state index contributed by atoms with van der Waals surface area (Å²) in [5.74, 6) is 1.33. The smallest absolute Gasteiger partial charge is 0.0199 e. The van der Waals surface area contributed by atoms with Gasteiger partial charge in [0, 0.05) is 35.7 Å². The molecule has 0 aromatic heterocycles. The number of rotatable bonds is 1. The van der Waals surface area contributed by atoms with Crippen LogP contribution in [-0.4, -0.2) is 40.6 Å². The molecule has 0 aromatic rings. The van der Waals surface area contributed by atoms with Crippen molar-refractivity contribution in [2.75, 3.05) is 12.3 Å². The van der Waals surface area contributed by atoms with Crippen molar-refractivity contribution in [1.29, 1.82) is 0 Å². The van der Waals surface area contributed by atoms with Crippen molar-refractivity contribution in [3.05, 3.63) is 0 Å². The maximum absolute atomic E-state index is 5.98. The van der Waals surface area contributed by atoms with Crippen LogP contribution in [0.15, 0.2) is 0 Å². The molecular weight excluding hydrogens is 192 g/mol. The molecule has 0 spiro atoms. The molecule has 0 aromatic carbocycles. The van der Waals surface area contributed by atoms with E-state index in [1.54, 1.807) is 0 Å². The fraction of sp³-hybridized carbons (Fsp3) is 1.00. The molecule has 4 atom stereocenters. The maximum Gasteiger partial charge on any atom is 0.0199 e. The van der Waals surface area contributed by atoms with E-state index in [-0.39, 0.29) is 0 Å². The van der Waals surface area contributed by atoms with E-state index in [0.717, 1.165) is 11.3 Å².